The molecule has 1 saturated heterocycles. The molecular weight excluding hydrogens is 278 g/mol. The molecule has 0 saturated carbocycles. The van der Waals surface area contributed by atoms with Crippen molar-refractivity contribution in [2.75, 3.05) is 46.6 Å². The third-order valence-corrected chi connectivity index (χ3v) is 4.01. The molecule has 0 unspecified atom stereocenters. The summed E-state index contributed by atoms with van der Waals surface area (Å²) < 4.78 is 16.6. The molecule has 1 aromatic rings. The Kier molecular flexibility index (Phi) is 7.26. The van der Waals surface area contributed by atoms with E-state index in [-0.39, 0.29) is 0 Å². The second-order valence-corrected chi connectivity index (χ2v) is 5.63. The molecule has 2 rings (SSSR count). The van der Waals surface area contributed by atoms with Crippen LogP contribution in [0.4, 0.5) is 0 Å². The van der Waals surface area contributed by atoms with Crippen LogP contribution < -0.4 is 14.4 Å². The Balaban J connectivity index is 1.72. The number of benzene rings is 1. The first-order valence-corrected chi connectivity index (χ1v) is 8.15. The van der Waals surface area contributed by atoms with Gasteiger partial charge < -0.3 is 19.1 Å². The fourth-order valence-electron chi connectivity index (χ4n) is 2.71. The lowest BCUT2D eigenvalue weighted by atomic mass is 10.1. The highest BCUT2D eigenvalue weighted by molar-refractivity contribution is 5.41. The number of hydrogen-bond donors (Lipinski definition) is 1. The predicted molar refractivity (Wildman–Crippen MR) is 88.0 cm³/mol. The molecule has 1 fully saturated rings. The van der Waals surface area contributed by atoms with Gasteiger partial charge in [-0.1, -0.05) is 6.08 Å². The third-order valence-electron chi connectivity index (χ3n) is 4.01. The molecule has 0 aromatic heterocycles. The number of nitrogens with one attached hydrogen (secondary N) is 1. The average Bonchev–Trinajstić information content (AvgIpc) is 2.57. The molecule has 1 aromatic carbocycles. The number of hydrogen-bond acceptors (Lipinski definition) is 3. The van der Waals surface area contributed by atoms with Crippen LogP contribution in [-0.4, -0.2) is 46.6 Å². The number of methoxy groups -OCH3 is 1. The number of ether oxygens (including phenoxy) is 3. The number of unbranched alkanes of at least 4 members (excludes halogenated alkanes) is 1. The van der Waals surface area contributed by atoms with Crippen LogP contribution in [0.3, 0.4) is 0 Å². The van der Waals surface area contributed by atoms with Crippen LogP contribution in [0.5, 0.6) is 11.5 Å². The molecule has 1 aliphatic rings. The summed E-state index contributed by atoms with van der Waals surface area (Å²) in [6.07, 6.45) is 4.97. The van der Waals surface area contributed by atoms with Gasteiger partial charge in [0.2, 0.25) is 0 Å². The summed E-state index contributed by atoms with van der Waals surface area (Å²) in [5.74, 6) is 1.81. The van der Waals surface area contributed by atoms with Gasteiger partial charge in [0.05, 0.1) is 33.5 Å². The SMILES string of the molecule is C=CCc1cc(OC)ccc1OCCCC[NH+]1CCOCC1. The summed E-state index contributed by atoms with van der Waals surface area (Å²) >= 11 is 0. The van der Waals surface area contributed by atoms with Crippen LogP contribution in [0.2, 0.25) is 0 Å². The van der Waals surface area contributed by atoms with Crippen molar-refractivity contribution in [1.29, 1.82) is 0 Å². The van der Waals surface area contributed by atoms with Crippen LogP contribution in [0, 0.1) is 0 Å². The monoisotopic (exact) mass is 306 g/mol. The van der Waals surface area contributed by atoms with Gasteiger partial charge in [0.15, 0.2) is 0 Å². The molecule has 0 spiro atoms. The van der Waals surface area contributed by atoms with Crippen molar-refractivity contribution in [3.8, 4) is 11.5 Å². The Morgan fingerprint density at radius 1 is 1.27 bits per heavy atom. The van der Waals surface area contributed by atoms with Gasteiger partial charge in [-0.25, -0.2) is 0 Å². The summed E-state index contributed by atoms with van der Waals surface area (Å²) in [5, 5.41) is 0. The minimum Gasteiger partial charge on any atom is -0.497 e. The highest BCUT2D eigenvalue weighted by Gasteiger charge is 2.12. The molecule has 4 heteroatoms. The van der Waals surface area contributed by atoms with E-state index in [4.69, 9.17) is 14.2 Å². The molecule has 1 aliphatic heterocycles. The standard InChI is InChI=1S/C18H27NO3/c1-3-6-16-15-17(20-2)7-8-18(16)22-12-5-4-9-19-10-13-21-14-11-19/h3,7-8,15H,1,4-6,9-14H2,2H3/p+1. The van der Waals surface area contributed by atoms with Crippen molar-refractivity contribution in [2.24, 2.45) is 0 Å². The Hall–Kier alpha value is -1.52. The number of morpholine rings is 1. The summed E-state index contributed by atoms with van der Waals surface area (Å²) in [5.41, 5.74) is 1.13. The number of quaternary nitrogens is 1. The van der Waals surface area contributed by atoms with Gasteiger partial charge in [0.1, 0.15) is 24.6 Å². The van der Waals surface area contributed by atoms with Crippen molar-refractivity contribution in [2.45, 2.75) is 19.3 Å². The number of allylic oxidation sites excluding steroid dienone is 1. The lowest BCUT2D eigenvalue weighted by Crippen LogP contribution is -3.14. The van der Waals surface area contributed by atoms with Crippen LogP contribution >= 0.6 is 0 Å². The van der Waals surface area contributed by atoms with Gasteiger partial charge in [0, 0.05) is 5.56 Å². The quantitative estimate of drug-likeness (QED) is 0.554. The number of rotatable bonds is 9. The van der Waals surface area contributed by atoms with Crippen molar-refractivity contribution < 1.29 is 19.1 Å². The van der Waals surface area contributed by atoms with Crippen molar-refractivity contribution in [3.63, 3.8) is 0 Å². The van der Waals surface area contributed by atoms with E-state index in [9.17, 15) is 0 Å². The molecule has 4 nitrogen and oxygen atoms in total. The maximum atomic E-state index is 5.94. The van der Waals surface area contributed by atoms with Crippen LogP contribution in [0.15, 0.2) is 30.9 Å². The van der Waals surface area contributed by atoms with Crippen molar-refractivity contribution in [3.05, 3.63) is 36.4 Å². The maximum absolute atomic E-state index is 5.94. The third kappa shape index (κ3) is 5.35. The summed E-state index contributed by atoms with van der Waals surface area (Å²) in [7, 11) is 1.68. The Morgan fingerprint density at radius 3 is 2.82 bits per heavy atom. The van der Waals surface area contributed by atoms with E-state index in [1.807, 2.05) is 24.3 Å². The molecule has 0 atom stereocenters. The molecule has 0 bridgehead atoms. The van der Waals surface area contributed by atoms with Crippen LogP contribution in [-0.2, 0) is 11.2 Å². The minimum absolute atomic E-state index is 0.764. The van der Waals surface area contributed by atoms with Gasteiger partial charge in [-0.05, 0) is 37.5 Å². The maximum Gasteiger partial charge on any atom is 0.123 e. The lowest BCUT2D eigenvalue weighted by molar-refractivity contribution is -0.908. The summed E-state index contributed by atoms with van der Waals surface area (Å²) in [6, 6.07) is 5.96. The van der Waals surface area contributed by atoms with Gasteiger partial charge in [0.25, 0.3) is 0 Å². The first kappa shape index (κ1) is 16.8. The van der Waals surface area contributed by atoms with Gasteiger partial charge in [-0.3, -0.25) is 0 Å². The largest absolute Gasteiger partial charge is 0.497 e. The predicted octanol–water partition coefficient (Wildman–Crippen LogP) is 1.50. The molecule has 1 heterocycles. The second kappa shape index (κ2) is 9.49. The molecule has 0 radical (unpaired) electrons. The van der Waals surface area contributed by atoms with Gasteiger partial charge in [-0.2, -0.15) is 0 Å². The van der Waals surface area contributed by atoms with Crippen LogP contribution in [0.1, 0.15) is 18.4 Å². The first-order valence-electron chi connectivity index (χ1n) is 8.15. The molecule has 122 valence electrons. The topological polar surface area (TPSA) is 32.1 Å². The zero-order chi connectivity index (χ0) is 15.6. The van der Waals surface area contributed by atoms with E-state index >= 15 is 0 Å². The van der Waals surface area contributed by atoms with E-state index in [1.165, 1.54) is 13.0 Å². The smallest absolute Gasteiger partial charge is 0.123 e. The van der Waals surface area contributed by atoms with E-state index < -0.39 is 0 Å². The van der Waals surface area contributed by atoms with E-state index in [1.54, 1.807) is 12.0 Å². The van der Waals surface area contributed by atoms with E-state index in [0.29, 0.717) is 0 Å². The molecule has 1 N–H and O–H groups in total. The molecule has 22 heavy (non-hydrogen) atoms. The normalized spacial score (nSPS) is 15.5. The Morgan fingerprint density at radius 2 is 2.09 bits per heavy atom. The fourth-order valence-corrected chi connectivity index (χ4v) is 2.71. The van der Waals surface area contributed by atoms with Gasteiger partial charge >= 0.3 is 0 Å². The first-order chi connectivity index (χ1) is 10.8. The Bertz CT molecular complexity index is 456. The van der Waals surface area contributed by atoms with Gasteiger partial charge in [-0.15, -0.1) is 6.58 Å². The molecule has 0 amide bonds. The summed E-state index contributed by atoms with van der Waals surface area (Å²) in [4.78, 5) is 1.66. The average molecular weight is 306 g/mol. The highest BCUT2D eigenvalue weighted by atomic mass is 16.5. The van der Waals surface area contributed by atoms with Crippen molar-refractivity contribution >= 4 is 0 Å². The Labute approximate surface area is 133 Å². The van der Waals surface area contributed by atoms with Crippen LogP contribution in [0.25, 0.3) is 0 Å². The van der Waals surface area contributed by atoms with E-state index in [2.05, 4.69) is 6.58 Å². The second-order valence-electron chi connectivity index (χ2n) is 5.63. The van der Waals surface area contributed by atoms with E-state index in [0.717, 1.165) is 62.8 Å². The lowest BCUT2D eigenvalue weighted by Gasteiger charge is -2.23. The summed E-state index contributed by atoms with van der Waals surface area (Å²) in [6.45, 7) is 9.88. The van der Waals surface area contributed by atoms with Crippen molar-refractivity contribution in [1.82, 2.24) is 0 Å². The zero-order valence-electron chi connectivity index (χ0n) is 13.6. The molecular formula is C18H28NO3+. The highest BCUT2D eigenvalue weighted by Crippen LogP contribution is 2.25. The minimum atomic E-state index is 0.764. The zero-order valence-corrected chi connectivity index (χ0v) is 13.6. The molecule has 0 aliphatic carbocycles. The fraction of sp³-hybridized carbons (Fsp3) is 0.556.